The summed E-state index contributed by atoms with van der Waals surface area (Å²) in [5.74, 6) is 0.851. The standard InChI is InChI=1S/C11H16N2O/c1-8-5-13-7-10(8)11(14)9-3-2-4-12-6-9/h2-4,6,8,10-11,13-14H,5,7H2,1H3. The Morgan fingerprint density at radius 1 is 1.57 bits per heavy atom. The van der Waals surface area contributed by atoms with Gasteiger partial charge in [0.15, 0.2) is 0 Å². The van der Waals surface area contributed by atoms with Crippen LogP contribution in [-0.2, 0) is 0 Å². The Morgan fingerprint density at radius 2 is 2.43 bits per heavy atom. The fourth-order valence-electron chi connectivity index (χ4n) is 2.05. The summed E-state index contributed by atoms with van der Waals surface area (Å²) >= 11 is 0. The zero-order valence-electron chi connectivity index (χ0n) is 8.35. The third kappa shape index (κ3) is 1.79. The summed E-state index contributed by atoms with van der Waals surface area (Å²) in [6.07, 6.45) is 3.09. The largest absolute Gasteiger partial charge is 0.388 e. The van der Waals surface area contributed by atoms with Gasteiger partial charge in [0.05, 0.1) is 6.10 Å². The molecule has 0 amide bonds. The van der Waals surface area contributed by atoms with E-state index in [2.05, 4.69) is 17.2 Å². The molecule has 3 heteroatoms. The SMILES string of the molecule is CC1CNCC1C(O)c1cccnc1. The van der Waals surface area contributed by atoms with Gasteiger partial charge < -0.3 is 10.4 Å². The number of hydrogen-bond donors (Lipinski definition) is 2. The monoisotopic (exact) mass is 192 g/mol. The van der Waals surface area contributed by atoms with Crippen molar-refractivity contribution in [1.29, 1.82) is 0 Å². The molecule has 1 aliphatic heterocycles. The van der Waals surface area contributed by atoms with Crippen LogP contribution in [-0.4, -0.2) is 23.2 Å². The summed E-state index contributed by atoms with van der Waals surface area (Å²) in [6, 6.07) is 3.80. The molecule has 2 heterocycles. The van der Waals surface area contributed by atoms with E-state index in [0.717, 1.165) is 18.7 Å². The van der Waals surface area contributed by atoms with E-state index >= 15 is 0 Å². The lowest BCUT2D eigenvalue weighted by molar-refractivity contribution is 0.0980. The molecule has 0 aliphatic carbocycles. The molecule has 3 nitrogen and oxygen atoms in total. The maximum atomic E-state index is 10.1. The predicted molar refractivity (Wildman–Crippen MR) is 54.7 cm³/mol. The van der Waals surface area contributed by atoms with Gasteiger partial charge in [0, 0.05) is 24.9 Å². The topological polar surface area (TPSA) is 45.1 Å². The van der Waals surface area contributed by atoms with Crippen LogP contribution >= 0.6 is 0 Å². The molecule has 0 aromatic carbocycles. The lowest BCUT2D eigenvalue weighted by atomic mass is 9.89. The zero-order chi connectivity index (χ0) is 9.97. The molecule has 3 unspecified atom stereocenters. The van der Waals surface area contributed by atoms with Crippen molar-refractivity contribution in [2.75, 3.05) is 13.1 Å². The van der Waals surface area contributed by atoms with Crippen molar-refractivity contribution in [2.24, 2.45) is 11.8 Å². The van der Waals surface area contributed by atoms with Gasteiger partial charge >= 0.3 is 0 Å². The summed E-state index contributed by atoms with van der Waals surface area (Å²) in [5.41, 5.74) is 0.924. The minimum Gasteiger partial charge on any atom is -0.388 e. The number of hydrogen-bond acceptors (Lipinski definition) is 3. The summed E-state index contributed by atoms with van der Waals surface area (Å²) in [5, 5.41) is 13.4. The lowest BCUT2D eigenvalue weighted by Gasteiger charge is -2.21. The molecular formula is C11H16N2O. The maximum absolute atomic E-state index is 10.1. The van der Waals surface area contributed by atoms with Crippen LogP contribution < -0.4 is 5.32 Å². The second kappa shape index (κ2) is 4.07. The molecule has 1 aromatic heterocycles. The Labute approximate surface area is 84.2 Å². The van der Waals surface area contributed by atoms with Gasteiger partial charge in [-0.1, -0.05) is 13.0 Å². The van der Waals surface area contributed by atoms with Crippen LogP contribution in [0.5, 0.6) is 0 Å². The minimum absolute atomic E-state index is 0.319. The molecule has 2 N–H and O–H groups in total. The molecule has 3 atom stereocenters. The maximum Gasteiger partial charge on any atom is 0.0848 e. The third-order valence-electron chi connectivity index (χ3n) is 3.01. The Balaban J connectivity index is 2.12. The highest BCUT2D eigenvalue weighted by Crippen LogP contribution is 2.29. The minimum atomic E-state index is -0.381. The highest BCUT2D eigenvalue weighted by atomic mass is 16.3. The molecule has 1 aromatic rings. The van der Waals surface area contributed by atoms with Gasteiger partial charge in [-0.3, -0.25) is 4.98 Å². The van der Waals surface area contributed by atoms with E-state index in [4.69, 9.17) is 0 Å². The summed E-state index contributed by atoms with van der Waals surface area (Å²) in [6.45, 7) is 4.07. The number of rotatable bonds is 2. The molecule has 0 bridgehead atoms. The predicted octanol–water partition coefficient (Wildman–Crippen LogP) is 0.971. The second-order valence-corrected chi connectivity index (χ2v) is 4.03. The number of aliphatic hydroxyl groups is 1. The van der Waals surface area contributed by atoms with Gasteiger partial charge in [-0.15, -0.1) is 0 Å². The fourth-order valence-corrected chi connectivity index (χ4v) is 2.05. The number of nitrogens with zero attached hydrogens (tertiary/aromatic N) is 1. The average molecular weight is 192 g/mol. The van der Waals surface area contributed by atoms with Gasteiger partial charge in [0.1, 0.15) is 0 Å². The Bertz CT molecular complexity index is 289. The molecule has 1 fully saturated rings. The first-order valence-electron chi connectivity index (χ1n) is 5.07. The molecule has 2 rings (SSSR count). The van der Waals surface area contributed by atoms with Gasteiger partial charge in [-0.25, -0.2) is 0 Å². The molecule has 1 aliphatic rings. The van der Waals surface area contributed by atoms with Crippen molar-refractivity contribution in [1.82, 2.24) is 10.3 Å². The van der Waals surface area contributed by atoms with Gasteiger partial charge in [-0.2, -0.15) is 0 Å². The summed E-state index contributed by atoms with van der Waals surface area (Å²) in [7, 11) is 0. The Kier molecular flexibility index (Phi) is 2.79. The smallest absolute Gasteiger partial charge is 0.0848 e. The van der Waals surface area contributed by atoms with E-state index in [-0.39, 0.29) is 6.10 Å². The number of aliphatic hydroxyl groups excluding tert-OH is 1. The molecule has 76 valence electrons. The van der Waals surface area contributed by atoms with Gasteiger partial charge in [0.25, 0.3) is 0 Å². The second-order valence-electron chi connectivity index (χ2n) is 4.03. The van der Waals surface area contributed by atoms with Crippen LogP contribution in [0, 0.1) is 11.8 Å². The first kappa shape index (κ1) is 9.62. The molecule has 0 radical (unpaired) electrons. The Morgan fingerprint density at radius 3 is 3.00 bits per heavy atom. The number of pyridine rings is 1. The van der Waals surface area contributed by atoms with Crippen molar-refractivity contribution in [3.05, 3.63) is 30.1 Å². The molecule has 0 spiro atoms. The van der Waals surface area contributed by atoms with E-state index in [1.54, 1.807) is 12.4 Å². The molecule has 14 heavy (non-hydrogen) atoms. The average Bonchev–Trinajstić information content (AvgIpc) is 2.65. The van der Waals surface area contributed by atoms with Crippen molar-refractivity contribution in [3.8, 4) is 0 Å². The summed E-state index contributed by atoms with van der Waals surface area (Å²) in [4.78, 5) is 4.02. The van der Waals surface area contributed by atoms with Crippen LogP contribution in [0.2, 0.25) is 0 Å². The van der Waals surface area contributed by atoms with E-state index < -0.39 is 0 Å². The first-order chi connectivity index (χ1) is 6.79. The van der Waals surface area contributed by atoms with Crippen LogP contribution in [0.1, 0.15) is 18.6 Å². The highest BCUT2D eigenvalue weighted by Gasteiger charge is 2.30. The first-order valence-corrected chi connectivity index (χ1v) is 5.07. The summed E-state index contributed by atoms with van der Waals surface area (Å²) < 4.78 is 0. The van der Waals surface area contributed by atoms with E-state index in [1.165, 1.54) is 0 Å². The normalized spacial score (nSPS) is 29.0. The zero-order valence-corrected chi connectivity index (χ0v) is 8.35. The van der Waals surface area contributed by atoms with Crippen LogP contribution in [0.15, 0.2) is 24.5 Å². The molecule has 0 saturated carbocycles. The number of nitrogens with one attached hydrogen (secondary N) is 1. The van der Waals surface area contributed by atoms with Crippen molar-refractivity contribution >= 4 is 0 Å². The quantitative estimate of drug-likeness (QED) is 0.734. The number of aromatic nitrogens is 1. The van der Waals surface area contributed by atoms with Crippen LogP contribution in [0.4, 0.5) is 0 Å². The third-order valence-corrected chi connectivity index (χ3v) is 3.01. The van der Waals surface area contributed by atoms with Crippen LogP contribution in [0.3, 0.4) is 0 Å². The van der Waals surface area contributed by atoms with Gasteiger partial charge in [0.2, 0.25) is 0 Å². The fraction of sp³-hybridized carbons (Fsp3) is 0.545. The van der Waals surface area contributed by atoms with Gasteiger partial charge in [-0.05, 0) is 24.1 Å². The molecular weight excluding hydrogens is 176 g/mol. The van der Waals surface area contributed by atoms with E-state index in [0.29, 0.717) is 11.8 Å². The van der Waals surface area contributed by atoms with Crippen molar-refractivity contribution in [3.63, 3.8) is 0 Å². The molecule has 1 saturated heterocycles. The van der Waals surface area contributed by atoms with Crippen molar-refractivity contribution in [2.45, 2.75) is 13.0 Å². The van der Waals surface area contributed by atoms with Crippen LogP contribution in [0.25, 0.3) is 0 Å². The van der Waals surface area contributed by atoms with E-state index in [9.17, 15) is 5.11 Å². The Hall–Kier alpha value is -0.930. The van der Waals surface area contributed by atoms with E-state index in [1.807, 2.05) is 12.1 Å². The lowest BCUT2D eigenvalue weighted by Crippen LogP contribution is -2.19. The van der Waals surface area contributed by atoms with Crippen molar-refractivity contribution < 1.29 is 5.11 Å². The highest BCUT2D eigenvalue weighted by molar-refractivity contribution is 5.13.